The summed E-state index contributed by atoms with van der Waals surface area (Å²) >= 11 is 0. The van der Waals surface area contributed by atoms with Gasteiger partial charge in [-0.3, -0.25) is 4.79 Å². The van der Waals surface area contributed by atoms with E-state index in [1.54, 1.807) is 0 Å². The van der Waals surface area contributed by atoms with Crippen LogP contribution in [0.3, 0.4) is 0 Å². The molecular weight excluding hydrogens is 284 g/mol. The Bertz CT molecular complexity index is 528. The minimum absolute atomic E-state index is 0.134. The van der Waals surface area contributed by atoms with Crippen molar-refractivity contribution >= 4 is 5.91 Å². The SMILES string of the molecule is Cc1ccc(CC(=O)NCC2(N(C)C)CCCCCC2)cc1C. The number of hydrogen-bond acceptors (Lipinski definition) is 2. The van der Waals surface area contributed by atoms with Crippen molar-refractivity contribution in [1.29, 1.82) is 0 Å². The van der Waals surface area contributed by atoms with Gasteiger partial charge in [0.2, 0.25) is 5.91 Å². The number of aryl methyl sites for hydroxylation is 2. The Labute approximate surface area is 141 Å². The highest BCUT2D eigenvalue weighted by Gasteiger charge is 2.33. The van der Waals surface area contributed by atoms with Gasteiger partial charge >= 0.3 is 0 Å². The average molecular weight is 316 g/mol. The molecule has 1 aromatic carbocycles. The first-order valence-corrected chi connectivity index (χ1v) is 8.93. The lowest BCUT2D eigenvalue weighted by atomic mass is 9.88. The second kappa shape index (κ2) is 7.96. The van der Waals surface area contributed by atoms with Gasteiger partial charge in [0.15, 0.2) is 0 Å². The van der Waals surface area contributed by atoms with Gasteiger partial charge in [-0.25, -0.2) is 0 Å². The van der Waals surface area contributed by atoms with Crippen LogP contribution < -0.4 is 5.32 Å². The average Bonchev–Trinajstić information content (AvgIpc) is 2.75. The second-order valence-electron chi connectivity index (χ2n) is 7.41. The van der Waals surface area contributed by atoms with Gasteiger partial charge in [-0.2, -0.15) is 0 Å². The van der Waals surface area contributed by atoms with Crippen LogP contribution in [0.4, 0.5) is 0 Å². The molecule has 1 aliphatic rings. The van der Waals surface area contributed by atoms with Gasteiger partial charge in [0.1, 0.15) is 0 Å². The number of likely N-dealkylation sites (N-methyl/N-ethyl adjacent to an activating group) is 1. The second-order valence-corrected chi connectivity index (χ2v) is 7.41. The zero-order chi connectivity index (χ0) is 16.9. The van der Waals surface area contributed by atoms with Gasteiger partial charge in [-0.05, 0) is 57.5 Å². The summed E-state index contributed by atoms with van der Waals surface area (Å²) in [6, 6.07) is 6.29. The van der Waals surface area contributed by atoms with Gasteiger partial charge in [0, 0.05) is 12.1 Å². The van der Waals surface area contributed by atoms with Gasteiger partial charge in [-0.1, -0.05) is 43.9 Å². The summed E-state index contributed by atoms with van der Waals surface area (Å²) in [5, 5.41) is 3.20. The zero-order valence-corrected chi connectivity index (χ0v) is 15.2. The maximum Gasteiger partial charge on any atom is 0.224 e. The Morgan fingerprint density at radius 1 is 1.09 bits per heavy atom. The van der Waals surface area contributed by atoms with Gasteiger partial charge in [-0.15, -0.1) is 0 Å². The smallest absolute Gasteiger partial charge is 0.224 e. The molecule has 23 heavy (non-hydrogen) atoms. The van der Waals surface area contributed by atoms with Crippen molar-refractivity contribution in [2.45, 2.75) is 64.3 Å². The first-order chi connectivity index (χ1) is 10.9. The minimum atomic E-state index is 0.134. The van der Waals surface area contributed by atoms with Crippen molar-refractivity contribution in [1.82, 2.24) is 10.2 Å². The predicted molar refractivity (Wildman–Crippen MR) is 96.7 cm³/mol. The molecule has 1 fully saturated rings. The molecule has 3 nitrogen and oxygen atoms in total. The van der Waals surface area contributed by atoms with E-state index in [0.29, 0.717) is 6.42 Å². The van der Waals surface area contributed by atoms with E-state index in [4.69, 9.17) is 0 Å². The highest BCUT2D eigenvalue weighted by molar-refractivity contribution is 5.78. The van der Waals surface area contributed by atoms with Crippen LogP contribution in [0.2, 0.25) is 0 Å². The van der Waals surface area contributed by atoms with Crippen molar-refractivity contribution in [3.63, 3.8) is 0 Å². The number of nitrogens with one attached hydrogen (secondary N) is 1. The van der Waals surface area contributed by atoms with Gasteiger partial charge < -0.3 is 10.2 Å². The molecule has 3 heteroatoms. The van der Waals surface area contributed by atoms with E-state index in [0.717, 1.165) is 12.1 Å². The largest absolute Gasteiger partial charge is 0.354 e. The van der Waals surface area contributed by atoms with Crippen LogP contribution in [0.1, 0.15) is 55.2 Å². The fourth-order valence-corrected chi connectivity index (χ4v) is 3.59. The summed E-state index contributed by atoms with van der Waals surface area (Å²) in [4.78, 5) is 14.7. The lowest BCUT2D eigenvalue weighted by Gasteiger charge is -2.39. The molecule has 0 heterocycles. The van der Waals surface area contributed by atoms with Crippen LogP contribution in [0, 0.1) is 13.8 Å². The maximum absolute atomic E-state index is 12.4. The molecule has 0 bridgehead atoms. The van der Waals surface area contributed by atoms with Crippen LogP contribution in [0.5, 0.6) is 0 Å². The van der Waals surface area contributed by atoms with Crippen molar-refractivity contribution in [2.75, 3.05) is 20.6 Å². The normalized spacial score (nSPS) is 17.8. The third-order valence-corrected chi connectivity index (χ3v) is 5.53. The summed E-state index contributed by atoms with van der Waals surface area (Å²) in [5.74, 6) is 0.138. The molecule has 0 aromatic heterocycles. The standard InChI is InChI=1S/C20H32N2O/c1-16-9-10-18(13-17(16)2)14-19(23)21-15-20(22(3)4)11-7-5-6-8-12-20/h9-10,13H,5-8,11-12,14-15H2,1-4H3,(H,21,23). The molecule has 1 N–H and O–H groups in total. The molecule has 0 atom stereocenters. The van der Waals surface area contributed by atoms with E-state index < -0.39 is 0 Å². The van der Waals surface area contributed by atoms with Crippen LogP contribution in [0.15, 0.2) is 18.2 Å². The molecule has 1 amide bonds. The van der Waals surface area contributed by atoms with Crippen LogP contribution in [-0.4, -0.2) is 37.0 Å². The Hall–Kier alpha value is -1.35. The van der Waals surface area contributed by atoms with E-state index in [1.807, 2.05) is 0 Å². The Morgan fingerprint density at radius 2 is 1.74 bits per heavy atom. The van der Waals surface area contributed by atoms with Crippen molar-refractivity contribution < 1.29 is 4.79 Å². The Kier molecular flexibility index (Phi) is 6.23. The fourth-order valence-electron chi connectivity index (χ4n) is 3.59. The van der Waals surface area contributed by atoms with Crippen molar-refractivity contribution in [3.05, 3.63) is 34.9 Å². The first kappa shape index (κ1) is 18.0. The molecule has 0 saturated heterocycles. The van der Waals surface area contributed by atoms with Gasteiger partial charge in [0.05, 0.1) is 6.42 Å². The van der Waals surface area contributed by atoms with Crippen molar-refractivity contribution in [3.8, 4) is 0 Å². The number of nitrogens with zero attached hydrogens (tertiary/aromatic N) is 1. The number of rotatable bonds is 5. The summed E-state index contributed by atoms with van der Waals surface area (Å²) in [7, 11) is 4.31. The molecule has 1 saturated carbocycles. The molecule has 2 rings (SSSR count). The number of hydrogen-bond donors (Lipinski definition) is 1. The first-order valence-electron chi connectivity index (χ1n) is 8.93. The molecule has 1 aromatic rings. The Morgan fingerprint density at radius 3 is 2.30 bits per heavy atom. The third kappa shape index (κ3) is 4.81. The topological polar surface area (TPSA) is 32.3 Å². The molecule has 0 radical (unpaired) electrons. The Balaban J connectivity index is 1.94. The zero-order valence-electron chi connectivity index (χ0n) is 15.2. The monoisotopic (exact) mass is 316 g/mol. The van der Waals surface area contributed by atoms with Crippen molar-refractivity contribution in [2.24, 2.45) is 0 Å². The molecule has 0 unspecified atom stereocenters. The van der Waals surface area contributed by atoms with Crippen LogP contribution in [-0.2, 0) is 11.2 Å². The summed E-state index contributed by atoms with van der Waals surface area (Å²) in [6.07, 6.45) is 8.03. The molecule has 128 valence electrons. The molecule has 0 spiro atoms. The molecular formula is C20H32N2O. The maximum atomic E-state index is 12.4. The summed E-state index contributed by atoms with van der Waals surface area (Å²) in [5.41, 5.74) is 3.77. The van der Waals surface area contributed by atoms with Crippen LogP contribution >= 0.6 is 0 Å². The predicted octanol–water partition coefficient (Wildman–Crippen LogP) is 3.62. The van der Waals surface area contributed by atoms with Gasteiger partial charge in [0.25, 0.3) is 0 Å². The number of benzene rings is 1. The van der Waals surface area contributed by atoms with E-state index >= 15 is 0 Å². The van der Waals surface area contributed by atoms with E-state index in [9.17, 15) is 4.79 Å². The lowest BCUT2D eigenvalue weighted by Crippen LogP contribution is -2.52. The molecule has 0 aliphatic heterocycles. The quantitative estimate of drug-likeness (QED) is 0.842. The number of carbonyl (C=O) groups excluding carboxylic acids is 1. The summed E-state index contributed by atoms with van der Waals surface area (Å²) in [6.45, 7) is 4.97. The van der Waals surface area contributed by atoms with E-state index in [-0.39, 0.29) is 11.4 Å². The highest BCUT2D eigenvalue weighted by atomic mass is 16.1. The molecule has 1 aliphatic carbocycles. The highest BCUT2D eigenvalue weighted by Crippen LogP contribution is 2.30. The number of carbonyl (C=O) groups is 1. The third-order valence-electron chi connectivity index (χ3n) is 5.53. The van der Waals surface area contributed by atoms with E-state index in [2.05, 4.69) is 56.4 Å². The summed E-state index contributed by atoms with van der Waals surface area (Å²) < 4.78 is 0. The fraction of sp³-hybridized carbons (Fsp3) is 0.650. The van der Waals surface area contributed by atoms with Crippen LogP contribution in [0.25, 0.3) is 0 Å². The number of amides is 1. The lowest BCUT2D eigenvalue weighted by molar-refractivity contribution is -0.121. The minimum Gasteiger partial charge on any atom is -0.354 e. The van der Waals surface area contributed by atoms with E-state index in [1.165, 1.54) is 49.7 Å².